The first-order chi connectivity index (χ1) is 25.5. The smallest absolute Gasteiger partial charge is 0.306 e. The van der Waals surface area contributed by atoms with Gasteiger partial charge in [-0.25, -0.2) is 4.98 Å². The zero-order chi connectivity index (χ0) is 37.7. The number of aryl methyl sites for hydroxylation is 2. The molecule has 0 aliphatic carbocycles. The van der Waals surface area contributed by atoms with Crippen molar-refractivity contribution in [2.75, 3.05) is 19.6 Å². The van der Waals surface area contributed by atoms with Crippen LogP contribution in [-0.2, 0) is 16.1 Å². The maximum Gasteiger partial charge on any atom is 0.306 e. The number of carbonyl (C=O) groups excluding carboxylic acids is 1. The van der Waals surface area contributed by atoms with Gasteiger partial charge in [0.15, 0.2) is 0 Å². The standard InChI is InChI=1S/C47H91N3O2/c1-6-9-12-15-18-19-20-21-23-28-34-44(4)43-49(40-33-41-50-42-38-48-45(50)5)39-32-27-22-26-31-37-47(51)52-46(35-29-24-16-13-10-7-2)36-30-25-17-14-11-8-3/h38,42,44,46H,6-37,39-41,43H2,1-5H3. The first kappa shape index (κ1) is 48.7. The summed E-state index contributed by atoms with van der Waals surface area (Å²) in [6.07, 6.45) is 45.1. The molecule has 5 heteroatoms. The van der Waals surface area contributed by atoms with Crippen LogP contribution in [0.3, 0.4) is 0 Å². The highest BCUT2D eigenvalue weighted by molar-refractivity contribution is 5.69. The Morgan fingerprint density at radius 3 is 1.56 bits per heavy atom. The Balaban J connectivity index is 2.34. The van der Waals surface area contributed by atoms with Crippen LogP contribution in [0.15, 0.2) is 12.4 Å². The largest absolute Gasteiger partial charge is 0.462 e. The third kappa shape index (κ3) is 30.0. The summed E-state index contributed by atoms with van der Waals surface area (Å²) in [6, 6.07) is 0. The topological polar surface area (TPSA) is 47.4 Å². The Morgan fingerprint density at radius 2 is 1.06 bits per heavy atom. The molecule has 0 saturated carbocycles. The quantitative estimate of drug-likeness (QED) is 0.0498. The second kappa shape index (κ2) is 36.6. The Hall–Kier alpha value is -1.36. The molecule has 0 radical (unpaired) electrons. The number of rotatable bonds is 40. The van der Waals surface area contributed by atoms with E-state index in [1.807, 2.05) is 6.20 Å². The van der Waals surface area contributed by atoms with Gasteiger partial charge in [0.25, 0.3) is 0 Å². The molecule has 0 saturated heterocycles. The van der Waals surface area contributed by atoms with E-state index in [-0.39, 0.29) is 12.1 Å². The zero-order valence-electron chi connectivity index (χ0n) is 35.9. The van der Waals surface area contributed by atoms with Crippen LogP contribution in [0.25, 0.3) is 0 Å². The molecule has 0 amide bonds. The molecule has 1 heterocycles. The summed E-state index contributed by atoms with van der Waals surface area (Å²) < 4.78 is 8.38. The summed E-state index contributed by atoms with van der Waals surface area (Å²) in [5, 5.41) is 0. The Bertz CT molecular complexity index is 870. The summed E-state index contributed by atoms with van der Waals surface area (Å²) in [6.45, 7) is 16.1. The Morgan fingerprint density at radius 1 is 0.615 bits per heavy atom. The minimum absolute atomic E-state index is 0.0534. The fourth-order valence-corrected chi connectivity index (χ4v) is 7.86. The molecule has 5 nitrogen and oxygen atoms in total. The SMILES string of the molecule is CCCCCCCCCCCCC(C)CN(CCCCCCCC(=O)OC(CCCCCCCC)CCCCCCCC)CCCn1ccnc1C. The van der Waals surface area contributed by atoms with Crippen LogP contribution in [0.2, 0.25) is 0 Å². The third-order valence-electron chi connectivity index (χ3n) is 11.3. The summed E-state index contributed by atoms with van der Waals surface area (Å²) in [5.41, 5.74) is 0. The lowest BCUT2D eigenvalue weighted by Crippen LogP contribution is -2.31. The van der Waals surface area contributed by atoms with Crippen molar-refractivity contribution in [2.45, 2.75) is 253 Å². The molecule has 1 aromatic rings. The molecule has 0 aliphatic rings. The number of unbranched alkanes of at least 4 members (excludes halogenated alkanes) is 23. The molecule has 1 unspecified atom stereocenters. The van der Waals surface area contributed by atoms with Crippen molar-refractivity contribution in [1.82, 2.24) is 14.5 Å². The summed E-state index contributed by atoms with van der Waals surface area (Å²) in [7, 11) is 0. The van der Waals surface area contributed by atoms with E-state index in [0.29, 0.717) is 6.42 Å². The average molecular weight is 730 g/mol. The van der Waals surface area contributed by atoms with Crippen LogP contribution in [0.4, 0.5) is 0 Å². The van der Waals surface area contributed by atoms with E-state index in [2.05, 4.69) is 55.3 Å². The number of ether oxygens (including phenoxy) is 1. The lowest BCUT2D eigenvalue weighted by Gasteiger charge is -2.26. The van der Waals surface area contributed by atoms with Crippen LogP contribution in [0.1, 0.15) is 239 Å². The van der Waals surface area contributed by atoms with E-state index in [0.717, 1.165) is 44.0 Å². The highest BCUT2D eigenvalue weighted by Gasteiger charge is 2.15. The van der Waals surface area contributed by atoms with Crippen molar-refractivity contribution in [1.29, 1.82) is 0 Å². The van der Waals surface area contributed by atoms with Gasteiger partial charge in [-0.3, -0.25) is 4.79 Å². The van der Waals surface area contributed by atoms with E-state index in [9.17, 15) is 4.79 Å². The van der Waals surface area contributed by atoms with Crippen molar-refractivity contribution in [3.05, 3.63) is 18.2 Å². The maximum absolute atomic E-state index is 12.8. The van der Waals surface area contributed by atoms with Gasteiger partial charge in [-0.2, -0.15) is 0 Å². The van der Waals surface area contributed by atoms with E-state index in [1.165, 1.54) is 193 Å². The fourth-order valence-electron chi connectivity index (χ4n) is 7.86. The normalized spacial score (nSPS) is 12.4. The van der Waals surface area contributed by atoms with Crippen molar-refractivity contribution < 1.29 is 9.53 Å². The van der Waals surface area contributed by atoms with Gasteiger partial charge in [0.2, 0.25) is 0 Å². The second-order valence-corrected chi connectivity index (χ2v) is 16.6. The predicted octanol–water partition coefficient (Wildman–Crippen LogP) is 14.6. The first-order valence-corrected chi connectivity index (χ1v) is 23.4. The summed E-state index contributed by atoms with van der Waals surface area (Å²) in [5.74, 6) is 1.94. The highest BCUT2D eigenvalue weighted by Crippen LogP contribution is 2.19. The number of nitrogens with zero attached hydrogens (tertiary/aromatic N) is 3. The van der Waals surface area contributed by atoms with Crippen molar-refractivity contribution >= 4 is 5.97 Å². The fraction of sp³-hybridized carbons (Fsp3) is 0.915. The molecular weight excluding hydrogens is 639 g/mol. The molecule has 0 aliphatic heterocycles. The summed E-state index contributed by atoms with van der Waals surface area (Å²) in [4.78, 5) is 20.0. The lowest BCUT2D eigenvalue weighted by atomic mass is 10.0. The molecule has 1 atom stereocenters. The van der Waals surface area contributed by atoms with Gasteiger partial charge in [-0.1, -0.05) is 175 Å². The van der Waals surface area contributed by atoms with Crippen LogP contribution >= 0.6 is 0 Å². The number of imidazole rings is 1. The van der Waals surface area contributed by atoms with Gasteiger partial charge in [-0.05, 0) is 77.3 Å². The van der Waals surface area contributed by atoms with Gasteiger partial charge in [0, 0.05) is 31.9 Å². The molecule has 0 fully saturated rings. The first-order valence-electron chi connectivity index (χ1n) is 23.4. The highest BCUT2D eigenvalue weighted by atomic mass is 16.5. The van der Waals surface area contributed by atoms with Crippen molar-refractivity contribution in [3.63, 3.8) is 0 Å². The molecule has 306 valence electrons. The molecule has 0 spiro atoms. The van der Waals surface area contributed by atoms with E-state index in [1.54, 1.807) is 0 Å². The van der Waals surface area contributed by atoms with Gasteiger partial charge >= 0.3 is 5.97 Å². The number of esters is 1. The Labute approximate surface area is 325 Å². The number of hydrogen-bond acceptors (Lipinski definition) is 4. The predicted molar refractivity (Wildman–Crippen MR) is 227 cm³/mol. The van der Waals surface area contributed by atoms with E-state index < -0.39 is 0 Å². The van der Waals surface area contributed by atoms with Gasteiger partial charge in [-0.15, -0.1) is 0 Å². The van der Waals surface area contributed by atoms with Gasteiger partial charge in [0.05, 0.1) is 0 Å². The second-order valence-electron chi connectivity index (χ2n) is 16.6. The van der Waals surface area contributed by atoms with Gasteiger partial charge in [0.1, 0.15) is 11.9 Å². The maximum atomic E-state index is 12.8. The molecular formula is C47H91N3O2. The number of aromatic nitrogens is 2. The summed E-state index contributed by atoms with van der Waals surface area (Å²) >= 11 is 0. The minimum Gasteiger partial charge on any atom is -0.462 e. The molecule has 1 aromatic heterocycles. The van der Waals surface area contributed by atoms with Crippen LogP contribution in [0, 0.1) is 12.8 Å². The van der Waals surface area contributed by atoms with Crippen molar-refractivity contribution in [2.24, 2.45) is 5.92 Å². The van der Waals surface area contributed by atoms with Crippen LogP contribution in [0.5, 0.6) is 0 Å². The van der Waals surface area contributed by atoms with Gasteiger partial charge < -0.3 is 14.2 Å². The molecule has 0 aromatic carbocycles. The van der Waals surface area contributed by atoms with Crippen LogP contribution in [-0.4, -0.2) is 46.2 Å². The Kier molecular flexibility index (Phi) is 34.3. The average Bonchev–Trinajstić information content (AvgIpc) is 3.55. The van der Waals surface area contributed by atoms with Crippen LogP contribution < -0.4 is 0 Å². The molecule has 1 rings (SSSR count). The molecule has 0 N–H and O–H groups in total. The zero-order valence-corrected chi connectivity index (χ0v) is 35.9. The number of carbonyl (C=O) groups is 1. The molecule has 52 heavy (non-hydrogen) atoms. The van der Waals surface area contributed by atoms with E-state index >= 15 is 0 Å². The van der Waals surface area contributed by atoms with E-state index in [4.69, 9.17) is 4.74 Å². The lowest BCUT2D eigenvalue weighted by molar-refractivity contribution is -0.150. The molecule has 0 bridgehead atoms. The third-order valence-corrected chi connectivity index (χ3v) is 11.3. The monoisotopic (exact) mass is 730 g/mol. The number of hydrogen-bond donors (Lipinski definition) is 0. The minimum atomic E-state index is 0.0534. The van der Waals surface area contributed by atoms with Crippen molar-refractivity contribution in [3.8, 4) is 0 Å².